The van der Waals surface area contributed by atoms with Crippen LogP contribution in [0.2, 0.25) is 0 Å². The maximum absolute atomic E-state index is 12.6. The van der Waals surface area contributed by atoms with Crippen LogP contribution in [-0.2, 0) is 9.53 Å². The van der Waals surface area contributed by atoms with E-state index >= 15 is 0 Å². The van der Waals surface area contributed by atoms with Gasteiger partial charge in [0, 0.05) is 25.7 Å². The second-order valence-corrected chi connectivity index (χ2v) is 8.06. The zero-order valence-electron chi connectivity index (χ0n) is 15.4. The number of carbonyl (C=O) groups is 1. The van der Waals surface area contributed by atoms with Gasteiger partial charge in [-0.05, 0) is 31.5 Å². The Labute approximate surface area is 149 Å². The molecule has 5 heteroatoms. The third kappa shape index (κ3) is 3.27. The van der Waals surface area contributed by atoms with Crippen molar-refractivity contribution in [2.75, 3.05) is 13.7 Å². The first kappa shape index (κ1) is 18.2. The molecule has 2 N–H and O–H groups in total. The largest absolute Gasteiger partial charge is 0.508 e. The van der Waals surface area contributed by atoms with Crippen LogP contribution in [0.1, 0.15) is 51.0 Å². The standard InChI is InChI=1S/C20H29NO4/c1-13(2)21(3)15-6-7-16(21)11-18(10-15)25-20(24)19(12-22)14-4-8-17(23)9-5-14/h4-5,8-9,13,15-16,18-19,22H,6-7,10-12H2,1-3H3/p+1/t15-,16+,18?,19?,21?. The fourth-order valence-electron chi connectivity index (χ4n) is 4.84. The molecular weight excluding hydrogens is 318 g/mol. The molecule has 1 aromatic carbocycles. The molecule has 2 aliphatic heterocycles. The van der Waals surface area contributed by atoms with E-state index in [-0.39, 0.29) is 24.4 Å². The van der Waals surface area contributed by atoms with Gasteiger partial charge >= 0.3 is 5.97 Å². The van der Waals surface area contributed by atoms with Crippen molar-refractivity contribution in [3.63, 3.8) is 0 Å². The highest BCUT2D eigenvalue weighted by Crippen LogP contribution is 2.44. The molecule has 1 aromatic rings. The van der Waals surface area contributed by atoms with Crippen molar-refractivity contribution in [3.8, 4) is 5.75 Å². The van der Waals surface area contributed by atoms with Gasteiger partial charge in [-0.25, -0.2) is 0 Å². The molecule has 2 fully saturated rings. The number of rotatable bonds is 5. The van der Waals surface area contributed by atoms with Gasteiger partial charge in [0.15, 0.2) is 0 Å². The molecule has 0 saturated carbocycles. The molecule has 2 aliphatic rings. The number of hydrogen-bond donors (Lipinski definition) is 2. The Kier molecular flexibility index (Phi) is 5.07. The van der Waals surface area contributed by atoms with Crippen LogP contribution in [0.4, 0.5) is 0 Å². The number of aromatic hydroxyl groups is 1. The lowest BCUT2D eigenvalue weighted by atomic mass is 9.94. The number of benzene rings is 1. The Bertz CT molecular complexity index is 599. The number of phenolic OH excluding ortho intramolecular Hbond substituents is 1. The molecule has 3 unspecified atom stereocenters. The molecule has 138 valence electrons. The quantitative estimate of drug-likeness (QED) is 0.634. The van der Waals surface area contributed by atoms with Crippen LogP contribution >= 0.6 is 0 Å². The maximum atomic E-state index is 12.6. The molecule has 5 atom stereocenters. The van der Waals surface area contributed by atoms with Crippen molar-refractivity contribution in [1.82, 2.24) is 0 Å². The number of esters is 1. The van der Waals surface area contributed by atoms with Crippen molar-refractivity contribution in [2.45, 2.75) is 69.7 Å². The van der Waals surface area contributed by atoms with Crippen molar-refractivity contribution in [2.24, 2.45) is 0 Å². The summed E-state index contributed by atoms with van der Waals surface area (Å²) in [5.41, 5.74) is 0.673. The highest BCUT2D eigenvalue weighted by atomic mass is 16.5. The van der Waals surface area contributed by atoms with Gasteiger partial charge in [-0.3, -0.25) is 4.79 Å². The Morgan fingerprint density at radius 3 is 2.24 bits per heavy atom. The van der Waals surface area contributed by atoms with E-state index < -0.39 is 5.92 Å². The highest BCUT2D eigenvalue weighted by molar-refractivity contribution is 5.78. The van der Waals surface area contributed by atoms with E-state index in [9.17, 15) is 15.0 Å². The van der Waals surface area contributed by atoms with Crippen molar-refractivity contribution >= 4 is 5.97 Å². The molecule has 2 heterocycles. The summed E-state index contributed by atoms with van der Waals surface area (Å²) in [5, 5.41) is 19.0. The number of fused-ring (bicyclic) bond motifs is 2. The van der Waals surface area contributed by atoms with Gasteiger partial charge in [0.1, 0.15) is 17.8 Å². The second kappa shape index (κ2) is 6.96. The minimum atomic E-state index is -0.689. The molecule has 0 aliphatic carbocycles. The number of nitrogens with zero attached hydrogens (tertiary/aromatic N) is 1. The van der Waals surface area contributed by atoms with Crippen LogP contribution in [0.25, 0.3) is 0 Å². The van der Waals surface area contributed by atoms with E-state index in [4.69, 9.17) is 4.74 Å². The van der Waals surface area contributed by atoms with Gasteiger partial charge in [-0.2, -0.15) is 0 Å². The number of piperidine rings is 1. The van der Waals surface area contributed by atoms with Crippen LogP contribution in [0.15, 0.2) is 24.3 Å². The third-order valence-corrected chi connectivity index (χ3v) is 6.63. The van der Waals surface area contributed by atoms with Crippen LogP contribution in [0.5, 0.6) is 5.75 Å². The maximum Gasteiger partial charge on any atom is 0.316 e. The molecule has 25 heavy (non-hydrogen) atoms. The summed E-state index contributed by atoms with van der Waals surface area (Å²) in [6.07, 6.45) is 4.17. The molecule has 3 rings (SSSR count). The third-order valence-electron chi connectivity index (χ3n) is 6.63. The van der Waals surface area contributed by atoms with Crippen LogP contribution < -0.4 is 0 Å². The summed E-state index contributed by atoms with van der Waals surface area (Å²) in [6, 6.07) is 8.06. The fraction of sp³-hybridized carbons (Fsp3) is 0.650. The molecule has 2 saturated heterocycles. The van der Waals surface area contributed by atoms with E-state index in [0.717, 1.165) is 17.3 Å². The van der Waals surface area contributed by atoms with Crippen LogP contribution in [0, 0.1) is 0 Å². The monoisotopic (exact) mass is 348 g/mol. The molecule has 0 spiro atoms. The molecular formula is C20H30NO4+. The summed E-state index contributed by atoms with van der Waals surface area (Å²) < 4.78 is 6.90. The smallest absolute Gasteiger partial charge is 0.316 e. The number of aliphatic hydroxyl groups excluding tert-OH is 1. The predicted molar refractivity (Wildman–Crippen MR) is 95.2 cm³/mol. The Morgan fingerprint density at radius 1 is 1.20 bits per heavy atom. The van der Waals surface area contributed by atoms with Crippen molar-refractivity contribution < 1.29 is 24.2 Å². The van der Waals surface area contributed by atoms with Crippen molar-refractivity contribution in [1.29, 1.82) is 0 Å². The lowest BCUT2D eigenvalue weighted by molar-refractivity contribution is -0.968. The zero-order valence-corrected chi connectivity index (χ0v) is 15.4. The first-order valence-electron chi connectivity index (χ1n) is 9.32. The van der Waals surface area contributed by atoms with Gasteiger partial charge in [0.05, 0.1) is 31.8 Å². The fourth-order valence-corrected chi connectivity index (χ4v) is 4.84. The van der Waals surface area contributed by atoms with Gasteiger partial charge < -0.3 is 19.4 Å². The summed E-state index contributed by atoms with van der Waals surface area (Å²) in [7, 11) is 2.35. The summed E-state index contributed by atoms with van der Waals surface area (Å²) >= 11 is 0. The van der Waals surface area contributed by atoms with Crippen LogP contribution in [0.3, 0.4) is 0 Å². The second-order valence-electron chi connectivity index (χ2n) is 8.06. The normalized spacial score (nSPS) is 32.6. The number of ether oxygens (including phenoxy) is 1. The average Bonchev–Trinajstić information content (AvgIpc) is 2.75. The van der Waals surface area contributed by atoms with E-state index in [1.807, 2.05) is 0 Å². The van der Waals surface area contributed by atoms with E-state index in [1.165, 1.54) is 25.0 Å². The first-order chi connectivity index (χ1) is 11.9. The minimum absolute atomic E-state index is 0.0545. The molecule has 0 aromatic heterocycles. The topological polar surface area (TPSA) is 66.8 Å². The van der Waals surface area contributed by atoms with Gasteiger partial charge in [-0.15, -0.1) is 0 Å². The minimum Gasteiger partial charge on any atom is -0.508 e. The number of hydrogen-bond acceptors (Lipinski definition) is 4. The zero-order chi connectivity index (χ0) is 18.2. The number of carbonyl (C=O) groups excluding carboxylic acids is 1. The van der Waals surface area contributed by atoms with E-state index in [2.05, 4.69) is 20.9 Å². The SMILES string of the molecule is CC(C)[N+]1(C)[C@@H]2CC[C@H]1CC(OC(=O)C(CO)c1ccc(O)cc1)C2. The first-order valence-corrected chi connectivity index (χ1v) is 9.32. The molecule has 0 amide bonds. The van der Waals surface area contributed by atoms with Gasteiger partial charge in [0.25, 0.3) is 0 Å². The average molecular weight is 348 g/mol. The Balaban J connectivity index is 1.67. The van der Waals surface area contributed by atoms with Gasteiger partial charge in [-0.1, -0.05) is 12.1 Å². The molecule has 0 radical (unpaired) electrons. The van der Waals surface area contributed by atoms with Crippen molar-refractivity contribution in [3.05, 3.63) is 29.8 Å². The lowest BCUT2D eigenvalue weighted by Crippen LogP contribution is -2.62. The Morgan fingerprint density at radius 2 is 1.76 bits per heavy atom. The number of quaternary nitrogens is 1. The molecule has 2 bridgehead atoms. The predicted octanol–water partition coefficient (Wildman–Crippen LogP) is 2.56. The van der Waals surface area contributed by atoms with E-state index in [0.29, 0.717) is 23.7 Å². The highest BCUT2D eigenvalue weighted by Gasteiger charge is 2.53. The number of aliphatic hydroxyl groups is 1. The Hall–Kier alpha value is -1.59. The summed E-state index contributed by atoms with van der Waals surface area (Å²) in [5.74, 6) is -0.909. The number of phenols is 1. The molecule has 5 nitrogen and oxygen atoms in total. The van der Waals surface area contributed by atoms with E-state index in [1.54, 1.807) is 12.1 Å². The van der Waals surface area contributed by atoms with Gasteiger partial charge in [0.2, 0.25) is 0 Å². The van der Waals surface area contributed by atoms with Crippen LogP contribution in [-0.4, -0.2) is 58.5 Å². The summed E-state index contributed by atoms with van der Waals surface area (Å²) in [6.45, 7) is 4.28. The summed E-state index contributed by atoms with van der Waals surface area (Å²) in [4.78, 5) is 12.6. The lowest BCUT2D eigenvalue weighted by Gasteiger charge is -2.49.